The summed E-state index contributed by atoms with van der Waals surface area (Å²) in [6.45, 7) is 0.869. The molecule has 0 aliphatic carbocycles. The Labute approximate surface area is 149 Å². The van der Waals surface area contributed by atoms with E-state index in [0.717, 1.165) is 22.2 Å². The maximum absolute atomic E-state index is 12.3. The Morgan fingerprint density at radius 3 is 2.79 bits per heavy atom. The maximum Gasteiger partial charge on any atom is 0.294 e. The Morgan fingerprint density at radius 2 is 2.12 bits per heavy atom. The molecule has 0 saturated carbocycles. The number of hydrogen-bond donors (Lipinski definition) is 1. The highest BCUT2D eigenvalue weighted by Gasteiger charge is 2.36. The third-order valence-electron chi connectivity index (χ3n) is 3.20. The van der Waals surface area contributed by atoms with Crippen LogP contribution >= 0.6 is 23.4 Å². The Balaban J connectivity index is 2.00. The van der Waals surface area contributed by atoms with Gasteiger partial charge in [0.25, 0.3) is 11.1 Å². The highest BCUT2D eigenvalue weighted by Crippen LogP contribution is 2.32. The Bertz CT molecular complexity index is 691. The molecule has 24 heavy (non-hydrogen) atoms. The highest BCUT2D eigenvalue weighted by molar-refractivity contribution is 8.18. The highest BCUT2D eigenvalue weighted by atomic mass is 35.5. The van der Waals surface area contributed by atoms with Gasteiger partial charge in [0.05, 0.1) is 4.91 Å². The summed E-state index contributed by atoms with van der Waals surface area (Å²) in [7, 11) is 3.78. The number of amides is 3. The van der Waals surface area contributed by atoms with Crippen molar-refractivity contribution in [2.24, 2.45) is 0 Å². The normalized spacial score (nSPS) is 16.3. The van der Waals surface area contributed by atoms with Gasteiger partial charge in [0, 0.05) is 18.1 Å². The van der Waals surface area contributed by atoms with Crippen LogP contribution in [0.3, 0.4) is 0 Å². The van der Waals surface area contributed by atoms with Crippen molar-refractivity contribution in [2.45, 2.75) is 0 Å². The molecule has 0 unspecified atom stereocenters. The summed E-state index contributed by atoms with van der Waals surface area (Å²) in [5.74, 6) is -0.823. The molecule has 1 fully saturated rings. The van der Waals surface area contributed by atoms with E-state index in [0.29, 0.717) is 18.1 Å². The van der Waals surface area contributed by atoms with E-state index in [-0.39, 0.29) is 17.4 Å². The first kappa shape index (κ1) is 18.5. The van der Waals surface area contributed by atoms with Gasteiger partial charge in [0.1, 0.15) is 6.54 Å². The maximum atomic E-state index is 12.3. The Morgan fingerprint density at radius 1 is 1.38 bits per heavy atom. The second kappa shape index (κ2) is 8.32. The zero-order valence-corrected chi connectivity index (χ0v) is 15.0. The smallest absolute Gasteiger partial charge is 0.294 e. The van der Waals surface area contributed by atoms with Gasteiger partial charge in [-0.2, -0.15) is 0 Å². The molecule has 1 aromatic rings. The summed E-state index contributed by atoms with van der Waals surface area (Å²) >= 11 is 6.73. The number of carbonyl (C=O) groups is 3. The molecule has 1 N–H and O–H groups in total. The molecule has 128 valence electrons. The lowest BCUT2D eigenvalue weighted by Gasteiger charge is -2.14. The van der Waals surface area contributed by atoms with Crippen LogP contribution in [0.4, 0.5) is 4.79 Å². The average molecular weight is 368 g/mol. The Hall–Kier alpha value is -1.83. The van der Waals surface area contributed by atoms with Gasteiger partial charge >= 0.3 is 0 Å². The van der Waals surface area contributed by atoms with E-state index in [1.54, 1.807) is 30.3 Å². The van der Waals surface area contributed by atoms with Crippen molar-refractivity contribution in [3.8, 4) is 0 Å². The van der Waals surface area contributed by atoms with Gasteiger partial charge in [-0.25, -0.2) is 0 Å². The molecule has 0 atom stereocenters. The Kier molecular flexibility index (Phi) is 6.42. The molecule has 1 aliphatic heterocycles. The molecular weight excluding hydrogens is 350 g/mol. The fraction of sp³-hybridized carbons (Fsp3) is 0.312. The van der Waals surface area contributed by atoms with Crippen molar-refractivity contribution in [3.05, 3.63) is 39.8 Å². The predicted molar refractivity (Wildman–Crippen MR) is 95.7 cm³/mol. The molecule has 1 aliphatic rings. The van der Waals surface area contributed by atoms with E-state index >= 15 is 0 Å². The number of thioether (sulfide) groups is 1. The summed E-state index contributed by atoms with van der Waals surface area (Å²) in [6.07, 6.45) is 1.60. The molecule has 1 heterocycles. The zero-order chi connectivity index (χ0) is 17.7. The number of likely N-dealkylation sites (N-methyl/N-ethyl adjacent to an activating group) is 1. The van der Waals surface area contributed by atoms with E-state index < -0.39 is 11.1 Å². The van der Waals surface area contributed by atoms with E-state index in [4.69, 9.17) is 11.6 Å². The van der Waals surface area contributed by atoms with Crippen LogP contribution in [0.5, 0.6) is 0 Å². The van der Waals surface area contributed by atoms with Crippen LogP contribution in [0.1, 0.15) is 5.56 Å². The summed E-state index contributed by atoms with van der Waals surface area (Å²) < 4.78 is 0. The van der Waals surface area contributed by atoms with Crippen molar-refractivity contribution in [3.63, 3.8) is 0 Å². The third kappa shape index (κ3) is 5.09. The van der Waals surface area contributed by atoms with Gasteiger partial charge in [-0.05, 0) is 49.6 Å². The topological polar surface area (TPSA) is 69.7 Å². The number of nitrogens with one attached hydrogen (secondary N) is 1. The average Bonchev–Trinajstić information content (AvgIpc) is 2.74. The molecule has 2 rings (SSSR count). The summed E-state index contributed by atoms with van der Waals surface area (Å²) in [5.41, 5.74) is 0.725. The lowest BCUT2D eigenvalue weighted by Crippen LogP contribution is -2.41. The fourth-order valence-electron chi connectivity index (χ4n) is 2.00. The monoisotopic (exact) mass is 367 g/mol. The van der Waals surface area contributed by atoms with Gasteiger partial charge in [0.2, 0.25) is 5.91 Å². The van der Waals surface area contributed by atoms with Crippen molar-refractivity contribution < 1.29 is 14.4 Å². The summed E-state index contributed by atoms with van der Waals surface area (Å²) in [5, 5.41) is 2.78. The molecule has 6 nitrogen and oxygen atoms in total. The van der Waals surface area contributed by atoms with Crippen LogP contribution in [0.25, 0.3) is 6.08 Å². The SMILES string of the molecule is CN(C)CCNC(=O)CN1C(=O)S/C(=C/c2cccc(Cl)c2)C1=O. The first-order valence-electron chi connectivity index (χ1n) is 7.29. The number of nitrogens with zero attached hydrogens (tertiary/aromatic N) is 2. The van der Waals surface area contributed by atoms with E-state index in [1.165, 1.54) is 0 Å². The first-order valence-corrected chi connectivity index (χ1v) is 8.48. The minimum Gasteiger partial charge on any atom is -0.353 e. The largest absolute Gasteiger partial charge is 0.353 e. The van der Waals surface area contributed by atoms with Gasteiger partial charge in [-0.1, -0.05) is 23.7 Å². The van der Waals surface area contributed by atoms with Crippen molar-refractivity contribution >= 4 is 46.5 Å². The number of imide groups is 1. The molecule has 1 aromatic carbocycles. The molecule has 0 bridgehead atoms. The summed E-state index contributed by atoms with van der Waals surface area (Å²) in [6, 6.07) is 6.97. The molecular formula is C16H18ClN3O3S. The van der Waals surface area contributed by atoms with Crippen LogP contribution < -0.4 is 5.32 Å². The van der Waals surface area contributed by atoms with E-state index in [2.05, 4.69) is 5.32 Å². The van der Waals surface area contributed by atoms with Crippen LogP contribution in [-0.4, -0.2) is 60.6 Å². The standard InChI is InChI=1S/C16H18ClN3O3S/c1-19(2)7-6-18-14(21)10-20-15(22)13(24-16(20)23)9-11-4-3-5-12(17)8-11/h3-5,8-9H,6-7,10H2,1-2H3,(H,18,21)/b13-9+. The molecule has 0 aromatic heterocycles. The van der Waals surface area contributed by atoms with Crippen LogP contribution in [0.2, 0.25) is 5.02 Å². The minimum atomic E-state index is -0.465. The van der Waals surface area contributed by atoms with Crippen molar-refractivity contribution in [1.82, 2.24) is 15.1 Å². The molecule has 8 heteroatoms. The number of benzene rings is 1. The fourth-order valence-corrected chi connectivity index (χ4v) is 3.04. The quantitative estimate of drug-likeness (QED) is 0.779. The molecule has 3 amide bonds. The van der Waals surface area contributed by atoms with Crippen molar-refractivity contribution in [2.75, 3.05) is 33.7 Å². The number of hydrogen-bond acceptors (Lipinski definition) is 5. The lowest BCUT2D eigenvalue weighted by atomic mass is 10.2. The molecule has 1 saturated heterocycles. The summed E-state index contributed by atoms with van der Waals surface area (Å²) in [4.78, 5) is 39.3. The van der Waals surface area contributed by atoms with Gasteiger partial charge in [-0.15, -0.1) is 0 Å². The number of rotatable bonds is 6. The minimum absolute atomic E-state index is 0.273. The van der Waals surface area contributed by atoms with E-state index in [9.17, 15) is 14.4 Å². The van der Waals surface area contributed by atoms with E-state index in [1.807, 2.05) is 19.0 Å². The second-order valence-electron chi connectivity index (χ2n) is 5.48. The number of halogens is 1. The molecule has 0 spiro atoms. The van der Waals surface area contributed by atoms with Gasteiger partial charge < -0.3 is 10.2 Å². The lowest BCUT2D eigenvalue weighted by molar-refractivity contribution is -0.129. The van der Waals surface area contributed by atoms with Gasteiger partial charge in [-0.3, -0.25) is 19.3 Å². The van der Waals surface area contributed by atoms with Crippen molar-refractivity contribution in [1.29, 1.82) is 0 Å². The predicted octanol–water partition coefficient (Wildman–Crippen LogP) is 2.05. The van der Waals surface area contributed by atoms with Gasteiger partial charge in [0.15, 0.2) is 0 Å². The van der Waals surface area contributed by atoms with Crippen LogP contribution in [0.15, 0.2) is 29.2 Å². The third-order valence-corrected chi connectivity index (χ3v) is 4.35. The molecule has 0 radical (unpaired) electrons. The van der Waals surface area contributed by atoms with Crippen LogP contribution in [-0.2, 0) is 9.59 Å². The first-order chi connectivity index (χ1) is 11.4. The number of carbonyl (C=O) groups excluding carboxylic acids is 3. The van der Waals surface area contributed by atoms with Crippen LogP contribution in [0, 0.1) is 0 Å². The second-order valence-corrected chi connectivity index (χ2v) is 6.91. The zero-order valence-electron chi connectivity index (χ0n) is 13.4.